The molecular weight excluding hydrogens is 228 g/mol. The summed E-state index contributed by atoms with van der Waals surface area (Å²) in [7, 11) is -2.94. The Kier molecular flexibility index (Phi) is 5.17. The highest BCUT2D eigenvalue weighted by molar-refractivity contribution is 7.91. The number of aliphatic hydroxyl groups is 1. The topological polar surface area (TPSA) is 92.4 Å². The third kappa shape index (κ3) is 4.01. The van der Waals surface area contributed by atoms with Crippen molar-refractivity contribution >= 4 is 9.84 Å². The summed E-state index contributed by atoms with van der Waals surface area (Å²) < 4.78 is 23.2. The first-order valence-electron chi connectivity index (χ1n) is 5.80. The van der Waals surface area contributed by atoms with Gasteiger partial charge in [-0.25, -0.2) is 8.42 Å². The van der Waals surface area contributed by atoms with Crippen molar-refractivity contribution in [2.75, 3.05) is 31.2 Å². The maximum Gasteiger partial charge on any atom is 0.152 e. The molecule has 0 spiro atoms. The highest BCUT2D eigenvalue weighted by atomic mass is 32.2. The Hall–Kier alpha value is -0.170. The largest absolute Gasteiger partial charge is 0.396 e. The van der Waals surface area contributed by atoms with Gasteiger partial charge in [-0.3, -0.25) is 0 Å². The molecule has 1 atom stereocenters. The van der Waals surface area contributed by atoms with E-state index in [1.54, 1.807) is 0 Å². The van der Waals surface area contributed by atoms with Crippen molar-refractivity contribution in [3.8, 4) is 0 Å². The lowest BCUT2D eigenvalue weighted by atomic mass is 9.95. The predicted octanol–water partition coefficient (Wildman–Crippen LogP) is -0.745. The standard InChI is InChI=1S/C10H22N2O3S/c11-8-10(12-5-1-2-6-13)4-3-7-16(14,15)9-10/h12-13H,1-9,11H2. The van der Waals surface area contributed by atoms with E-state index in [1.807, 2.05) is 0 Å². The molecule has 0 amide bonds. The molecule has 0 saturated carbocycles. The van der Waals surface area contributed by atoms with Crippen LogP contribution < -0.4 is 11.1 Å². The molecule has 1 heterocycles. The second-order valence-electron chi connectivity index (χ2n) is 4.54. The van der Waals surface area contributed by atoms with Gasteiger partial charge in [0, 0.05) is 18.7 Å². The molecule has 1 aliphatic rings. The summed E-state index contributed by atoms with van der Waals surface area (Å²) in [6, 6.07) is 0. The zero-order chi connectivity index (χ0) is 12.1. The summed E-state index contributed by atoms with van der Waals surface area (Å²) in [4.78, 5) is 0. The van der Waals surface area contributed by atoms with Crippen LogP contribution in [0.2, 0.25) is 0 Å². The molecule has 0 radical (unpaired) electrons. The van der Waals surface area contributed by atoms with Crippen molar-refractivity contribution in [3.05, 3.63) is 0 Å². The van der Waals surface area contributed by atoms with E-state index in [-0.39, 0.29) is 18.1 Å². The summed E-state index contributed by atoms with van der Waals surface area (Å²) in [5.74, 6) is 0.433. The normalized spacial score (nSPS) is 29.1. The van der Waals surface area contributed by atoms with E-state index in [9.17, 15) is 8.42 Å². The lowest BCUT2D eigenvalue weighted by molar-refractivity contribution is 0.274. The number of nitrogens with one attached hydrogen (secondary N) is 1. The number of unbranched alkanes of at least 4 members (excludes halogenated alkanes) is 1. The third-order valence-corrected chi connectivity index (χ3v) is 4.99. The van der Waals surface area contributed by atoms with Gasteiger partial charge in [-0.05, 0) is 32.2 Å². The molecule has 6 heteroatoms. The van der Waals surface area contributed by atoms with E-state index >= 15 is 0 Å². The number of hydrogen-bond acceptors (Lipinski definition) is 5. The lowest BCUT2D eigenvalue weighted by Crippen LogP contribution is -2.58. The van der Waals surface area contributed by atoms with Crippen LogP contribution in [0, 0.1) is 0 Å². The molecule has 1 aliphatic heterocycles. The average Bonchev–Trinajstić information content (AvgIpc) is 2.23. The highest BCUT2D eigenvalue weighted by Crippen LogP contribution is 2.22. The van der Waals surface area contributed by atoms with Crippen LogP contribution in [0.1, 0.15) is 25.7 Å². The molecule has 0 aliphatic carbocycles. The minimum atomic E-state index is -2.94. The van der Waals surface area contributed by atoms with Crippen molar-refractivity contribution in [1.29, 1.82) is 0 Å². The first-order chi connectivity index (χ1) is 7.54. The van der Waals surface area contributed by atoms with Crippen LogP contribution in [-0.2, 0) is 9.84 Å². The summed E-state index contributed by atoms with van der Waals surface area (Å²) in [6.07, 6.45) is 3.09. The average molecular weight is 250 g/mol. The van der Waals surface area contributed by atoms with Crippen LogP contribution >= 0.6 is 0 Å². The highest BCUT2D eigenvalue weighted by Gasteiger charge is 2.37. The Morgan fingerprint density at radius 1 is 1.38 bits per heavy atom. The first-order valence-corrected chi connectivity index (χ1v) is 7.62. The molecule has 96 valence electrons. The SMILES string of the molecule is NCC1(NCCCCO)CCCS(=O)(=O)C1. The summed E-state index contributed by atoms with van der Waals surface area (Å²) in [6.45, 7) is 1.24. The van der Waals surface area contributed by atoms with Crippen molar-refractivity contribution in [2.24, 2.45) is 5.73 Å². The van der Waals surface area contributed by atoms with Gasteiger partial charge in [0.1, 0.15) is 0 Å². The molecule has 16 heavy (non-hydrogen) atoms. The maximum atomic E-state index is 11.6. The number of aliphatic hydroxyl groups excluding tert-OH is 1. The van der Waals surface area contributed by atoms with Gasteiger partial charge in [0.05, 0.1) is 11.5 Å². The molecular formula is C10H22N2O3S. The second-order valence-corrected chi connectivity index (χ2v) is 6.72. The van der Waals surface area contributed by atoms with Crippen LogP contribution in [0.4, 0.5) is 0 Å². The Bertz CT molecular complexity index is 305. The molecule has 0 aromatic carbocycles. The second kappa shape index (κ2) is 5.95. The first kappa shape index (κ1) is 13.9. The molecule has 1 saturated heterocycles. The van der Waals surface area contributed by atoms with Gasteiger partial charge in [0.15, 0.2) is 9.84 Å². The zero-order valence-corrected chi connectivity index (χ0v) is 10.4. The van der Waals surface area contributed by atoms with E-state index in [4.69, 9.17) is 10.8 Å². The number of nitrogens with two attached hydrogens (primary N) is 1. The lowest BCUT2D eigenvalue weighted by Gasteiger charge is -2.36. The number of rotatable bonds is 6. The van der Waals surface area contributed by atoms with Gasteiger partial charge >= 0.3 is 0 Å². The van der Waals surface area contributed by atoms with Gasteiger partial charge in [-0.2, -0.15) is 0 Å². The van der Waals surface area contributed by atoms with E-state index in [2.05, 4.69) is 5.32 Å². The monoisotopic (exact) mass is 250 g/mol. The van der Waals surface area contributed by atoms with Gasteiger partial charge in [0.2, 0.25) is 0 Å². The van der Waals surface area contributed by atoms with E-state index in [0.29, 0.717) is 19.5 Å². The Labute approximate surface area is 97.3 Å². The van der Waals surface area contributed by atoms with Gasteiger partial charge < -0.3 is 16.2 Å². The van der Waals surface area contributed by atoms with Crippen LogP contribution in [0.25, 0.3) is 0 Å². The van der Waals surface area contributed by atoms with Crippen LogP contribution in [0.3, 0.4) is 0 Å². The Morgan fingerprint density at radius 3 is 2.69 bits per heavy atom. The minimum Gasteiger partial charge on any atom is -0.396 e. The fraction of sp³-hybridized carbons (Fsp3) is 1.00. The van der Waals surface area contributed by atoms with Crippen LogP contribution in [0.15, 0.2) is 0 Å². The third-order valence-electron chi connectivity index (χ3n) is 3.08. The van der Waals surface area contributed by atoms with Crippen molar-refractivity contribution in [1.82, 2.24) is 5.32 Å². The van der Waals surface area contributed by atoms with Gasteiger partial charge in [-0.1, -0.05) is 0 Å². The number of sulfone groups is 1. The van der Waals surface area contributed by atoms with E-state index in [0.717, 1.165) is 19.3 Å². The predicted molar refractivity (Wildman–Crippen MR) is 64.0 cm³/mol. The van der Waals surface area contributed by atoms with Gasteiger partial charge in [-0.15, -0.1) is 0 Å². The molecule has 1 rings (SSSR count). The molecule has 0 aromatic heterocycles. The molecule has 1 fully saturated rings. The summed E-state index contributed by atoms with van der Waals surface area (Å²) in [5, 5.41) is 11.9. The maximum absolute atomic E-state index is 11.6. The van der Waals surface area contributed by atoms with E-state index < -0.39 is 15.4 Å². The van der Waals surface area contributed by atoms with Crippen molar-refractivity contribution in [2.45, 2.75) is 31.2 Å². The zero-order valence-electron chi connectivity index (χ0n) is 9.61. The summed E-state index contributed by atoms with van der Waals surface area (Å²) in [5.41, 5.74) is 5.26. The fourth-order valence-corrected chi connectivity index (χ4v) is 4.09. The van der Waals surface area contributed by atoms with Crippen molar-refractivity contribution < 1.29 is 13.5 Å². The number of hydrogen-bond donors (Lipinski definition) is 3. The fourth-order valence-electron chi connectivity index (χ4n) is 2.16. The molecule has 1 unspecified atom stereocenters. The van der Waals surface area contributed by atoms with Crippen molar-refractivity contribution in [3.63, 3.8) is 0 Å². The van der Waals surface area contributed by atoms with E-state index in [1.165, 1.54) is 0 Å². The quantitative estimate of drug-likeness (QED) is 0.540. The van der Waals surface area contributed by atoms with Gasteiger partial charge in [0.25, 0.3) is 0 Å². The smallest absolute Gasteiger partial charge is 0.152 e. The molecule has 4 N–H and O–H groups in total. The van der Waals surface area contributed by atoms with Crippen LogP contribution in [0.5, 0.6) is 0 Å². The van der Waals surface area contributed by atoms with Crippen LogP contribution in [-0.4, -0.2) is 50.3 Å². The molecule has 0 aromatic rings. The molecule has 5 nitrogen and oxygen atoms in total. The Balaban J connectivity index is 2.49. The minimum absolute atomic E-state index is 0.148. The molecule has 0 bridgehead atoms. The Morgan fingerprint density at radius 2 is 2.12 bits per heavy atom. The summed E-state index contributed by atoms with van der Waals surface area (Å²) >= 11 is 0.